The van der Waals surface area contributed by atoms with Gasteiger partial charge in [0.05, 0.1) is 5.56 Å². The van der Waals surface area contributed by atoms with Crippen molar-refractivity contribution >= 4 is 11.7 Å². The molecule has 2 aliphatic heterocycles. The summed E-state index contributed by atoms with van der Waals surface area (Å²) in [7, 11) is 0. The first kappa shape index (κ1) is 25.2. The molecule has 0 aliphatic carbocycles. The molecule has 0 N–H and O–H groups in total. The largest absolute Gasteiger partial charge is 0.456 e. The zero-order chi connectivity index (χ0) is 27.1. The lowest BCUT2D eigenvalue weighted by Crippen LogP contribution is -2.33. The Morgan fingerprint density at radius 1 is 0.846 bits per heavy atom. The van der Waals surface area contributed by atoms with Crippen LogP contribution in [0.3, 0.4) is 0 Å². The number of benzene rings is 4. The Labute approximate surface area is 231 Å². The van der Waals surface area contributed by atoms with Crippen LogP contribution in [0.4, 0.5) is 5.69 Å². The van der Waals surface area contributed by atoms with E-state index in [0.29, 0.717) is 11.5 Å². The second-order valence-electron chi connectivity index (χ2n) is 11.1. The molecule has 0 saturated carbocycles. The van der Waals surface area contributed by atoms with E-state index in [1.807, 2.05) is 30.3 Å². The van der Waals surface area contributed by atoms with Crippen molar-refractivity contribution in [3.05, 3.63) is 124 Å². The fraction of sp³-hybridized carbons (Fsp3) is 0.286. The number of hydrogen-bond acceptors (Lipinski definition) is 4. The smallest absolute Gasteiger partial charge is 0.340 e. The van der Waals surface area contributed by atoms with Crippen LogP contribution in [0.5, 0.6) is 11.5 Å². The average Bonchev–Trinajstić information content (AvgIpc) is 3.23. The molecule has 4 aromatic carbocycles. The van der Waals surface area contributed by atoms with Gasteiger partial charge in [-0.2, -0.15) is 0 Å². The summed E-state index contributed by atoms with van der Waals surface area (Å²) < 4.78 is 13.1. The molecule has 6 rings (SSSR count). The Morgan fingerprint density at radius 2 is 1.59 bits per heavy atom. The number of carbonyl (C=O) groups is 1. The van der Waals surface area contributed by atoms with Gasteiger partial charge in [-0.05, 0) is 79.6 Å². The Morgan fingerprint density at radius 3 is 2.36 bits per heavy atom. The first-order valence-corrected chi connectivity index (χ1v) is 14.0. The molecule has 1 spiro atoms. The first-order chi connectivity index (χ1) is 18.9. The van der Waals surface area contributed by atoms with Gasteiger partial charge in [-0.25, -0.2) is 4.79 Å². The van der Waals surface area contributed by atoms with E-state index in [2.05, 4.69) is 87.2 Å². The maximum absolute atomic E-state index is 13.3. The second kappa shape index (κ2) is 9.92. The predicted octanol–water partition coefficient (Wildman–Crippen LogP) is 8.03. The minimum Gasteiger partial charge on any atom is -0.456 e. The van der Waals surface area contributed by atoms with E-state index < -0.39 is 5.60 Å². The summed E-state index contributed by atoms with van der Waals surface area (Å²) in [6, 6.07) is 28.9. The third-order valence-electron chi connectivity index (χ3n) is 8.11. The van der Waals surface area contributed by atoms with Gasteiger partial charge in [0.25, 0.3) is 0 Å². The molecule has 0 radical (unpaired) electrons. The predicted molar refractivity (Wildman–Crippen MR) is 156 cm³/mol. The molecule has 0 amide bonds. The van der Waals surface area contributed by atoms with Crippen molar-refractivity contribution in [3.63, 3.8) is 0 Å². The van der Waals surface area contributed by atoms with Crippen LogP contribution < -0.4 is 9.64 Å². The highest BCUT2D eigenvalue weighted by molar-refractivity contribution is 5.97. The van der Waals surface area contributed by atoms with E-state index in [1.165, 1.54) is 11.1 Å². The van der Waals surface area contributed by atoms with Gasteiger partial charge in [0.2, 0.25) is 0 Å². The summed E-state index contributed by atoms with van der Waals surface area (Å²) in [5, 5.41) is 0. The summed E-state index contributed by atoms with van der Waals surface area (Å²) in [6.45, 7) is 10.7. The zero-order valence-electron chi connectivity index (χ0n) is 23.2. The van der Waals surface area contributed by atoms with Crippen LogP contribution in [-0.2, 0) is 16.8 Å². The molecular formula is C35H35NO3. The number of ether oxygens (including phenoxy) is 2. The van der Waals surface area contributed by atoms with E-state index in [4.69, 9.17) is 9.47 Å². The second-order valence-corrected chi connectivity index (χ2v) is 11.1. The normalized spacial score (nSPS) is 16.9. The molecular weight excluding hydrogens is 482 g/mol. The van der Waals surface area contributed by atoms with Gasteiger partial charge < -0.3 is 14.4 Å². The highest BCUT2D eigenvalue weighted by atomic mass is 16.6. The number of rotatable bonds is 7. The third-order valence-corrected chi connectivity index (χ3v) is 8.11. The number of aryl methyl sites for hydroxylation is 1. The molecule has 2 heterocycles. The number of anilines is 1. The Bertz CT molecular complexity index is 1540. The maximum atomic E-state index is 13.3. The van der Waals surface area contributed by atoms with Crippen LogP contribution in [0.2, 0.25) is 0 Å². The minimum absolute atomic E-state index is 0.300. The summed E-state index contributed by atoms with van der Waals surface area (Å²) in [6.07, 6.45) is 1.91. The van der Waals surface area contributed by atoms with E-state index in [1.54, 1.807) is 0 Å². The highest BCUT2D eigenvalue weighted by Gasteiger charge is 2.53. The molecule has 4 aromatic rings. The van der Waals surface area contributed by atoms with Gasteiger partial charge in [-0.1, -0.05) is 62.4 Å². The van der Waals surface area contributed by atoms with Gasteiger partial charge >= 0.3 is 5.97 Å². The van der Waals surface area contributed by atoms with Crippen LogP contribution in [0.25, 0.3) is 0 Å². The van der Waals surface area contributed by atoms with E-state index >= 15 is 0 Å². The lowest BCUT2D eigenvalue weighted by atomic mass is 9.76. The van der Waals surface area contributed by atoms with Crippen molar-refractivity contribution < 1.29 is 14.3 Å². The molecule has 4 nitrogen and oxygen atoms in total. The maximum Gasteiger partial charge on any atom is 0.340 e. The highest BCUT2D eigenvalue weighted by Crippen LogP contribution is 2.57. The zero-order valence-corrected chi connectivity index (χ0v) is 23.2. The van der Waals surface area contributed by atoms with Crippen molar-refractivity contribution in [1.82, 2.24) is 0 Å². The number of nitrogens with zero attached hydrogens (tertiary/aromatic N) is 1. The number of esters is 1. The SMILES string of the molecule is CCN(CCC(C)C)c1ccc2c(c1)Oc1cc(C)c(Cc3ccccc3)cc1C21OC(=O)c2ccccc21. The van der Waals surface area contributed by atoms with Gasteiger partial charge in [0.1, 0.15) is 11.5 Å². The molecule has 39 heavy (non-hydrogen) atoms. The molecule has 4 heteroatoms. The van der Waals surface area contributed by atoms with Crippen LogP contribution in [0, 0.1) is 12.8 Å². The van der Waals surface area contributed by atoms with Crippen molar-refractivity contribution in [1.29, 1.82) is 0 Å². The Kier molecular flexibility index (Phi) is 6.42. The van der Waals surface area contributed by atoms with Crippen molar-refractivity contribution in [2.75, 3.05) is 18.0 Å². The summed E-state index contributed by atoms with van der Waals surface area (Å²) in [5.41, 5.74) is 6.87. The third kappa shape index (κ3) is 4.28. The lowest BCUT2D eigenvalue weighted by molar-refractivity contribution is 0.0224. The van der Waals surface area contributed by atoms with E-state index in [-0.39, 0.29) is 5.97 Å². The monoisotopic (exact) mass is 517 g/mol. The Balaban J connectivity index is 1.52. The quantitative estimate of drug-likeness (QED) is 0.233. The minimum atomic E-state index is -1.05. The number of hydrogen-bond donors (Lipinski definition) is 0. The first-order valence-electron chi connectivity index (χ1n) is 14.0. The molecule has 0 fully saturated rings. The van der Waals surface area contributed by atoms with Gasteiger partial charge in [0, 0.05) is 41.5 Å². The van der Waals surface area contributed by atoms with Crippen LogP contribution in [-0.4, -0.2) is 19.1 Å². The van der Waals surface area contributed by atoms with Crippen LogP contribution in [0.1, 0.15) is 70.9 Å². The van der Waals surface area contributed by atoms with E-state index in [9.17, 15) is 4.79 Å². The van der Waals surface area contributed by atoms with E-state index in [0.717, 1.165) is 65.4 Å². The van der Waals surface area contributed by atoms with Crippen molar-refractivity contribution in [3.8, 4) is 11.5 Å². The van der Waals surface area contributed by atoms with Crippen LogP contribution in [0.15, 0.2) is 84.9 Å². The number of fused-ring (bicyclic) bond motifs is 6. The van der Waals surface area contributed by atoms with Gasteiger partial charge in [-0.3, -0.25) is 0 Å². The number of carbonyl (C=O) groups excluding carboxylic acids is 1. The lowest BCUT2D eigenvalue weighted by Gasteiger charge is -2.38. The standard InChI is InChI=1S/C35H35NO3/c1-5-36(18-17-23(2)3)27-15-16-30-33(22-27)38-32-19-24(4)26(20-25-11-7-6-8-12-25)21-31(32)35(30)29-14-10-9-13-28(29)34(37)39-35/h6-16,19,21-23H,5,17-18,20H2,1-4H3. The Hall–Kier alpha value is -4.05. The molecule has 1 atom stereocenters. The topological polar surface area (TPSA) is 38.8 Å². The summed E-state index contributed by atoms with van der Waals surface area (Å²) >= 11 is 0. The van der Waals surface area contributed by atoms with Gasteiger partial charge in [-0.15, -0.1) is 0 Å². The summed E-state index contributed by atoms with van der Waals surface area (Å²) in [5.74, 6) is 1.81. The average molecular weight is 518 g/mol. The molecule has 1 unspecified atom stereocenters. The molecule has 0 aromatic heterocycles. The van der Waals surface area contributed by atoms with Crippen molar-refractivity contribution in [2.45, 2.75) is 46.1 Å². The molecule has 198 valence electrons. The van der Waals surface area contributed by atoms with Crippen LogP contribution >= 0.6 is 0 Å². The van der Waals surface area contributed by atoms with Crippen molar-refractivity contribution in [2.24, 2.45) is 5.92 Å². The molecule has 0 bridgehead atoms. The van der Waals surface area contributed by atoms with Gasteiger partial charge in [0.15, 0.2) is 5.60 Å². The molecule has 0 saturated heterocycles. The summed E-state index contributed by atoms with van der Waals surface area (Å²) in [4.78, 5) is 15.7. The fourth-order valence-electron chi connectivity index (χ4n) is 5.94. The molecule has 2 aliphatic rings. The fourth-order valence-corrected chi connectivity index (χ4v) is 5.94.